The fourth-order valence-electron chi connectivity index (χ4n) is 2.95. The van der Waals surface area contributed by atoms with Gasteiger partial charge in [-0.1, -0.05) is 17.7 Å². The molecule has 2 atom stereocenters. The van der Waals surface area contributed by atoms with Crippen molar-refractivity contribution in [3.8, 4) is 11.5 Å². The number of aliphatic carboxylic acids is 1. The number of carbonyl (C=O) groups is 3. The summed E-state index contributed by atoms with van der Waals surface area (Å²) in [5.74, 6) is -2.19. The third-order valence-electron chi connectivity index (χ3n) is 4.58. The van der Waals surface area contributed by atoms with E-state index in [9.17, 15) is 23.2 Å². The van der Waals surface area contributed by atoms with Gasteiger partial charge in [-0.2, -0.15) is 0 Å². The SMILES string of the molecule is CC(NC(=O)N1C(=O)CC1C(=O)O)c1ccc2c(c1)OC(F)(F)O2.Cc1cc(Cl)ccn1. The third-order valence-corrected chi connectivity index (χ3v) is 4.81. The van der Waals surface area contributed by atoms with E-state index in [4.69, 9.17) is 16.7 Å². The van der Waals surface area contributed by atoms with Crippen LogP contribution < -0.4 is 14.8 Å². The summed E-state index contributed by atoms with van der Waals surface area (Å²) in [6.45, 7) is 3.46. The molecule has 2 aliphatic heterocycles. The molecular weight excluding hydrogens is 452 g/mol. The molecule has 2 aliphatic rings. The highest BCUT2D eigenvalue weighted by molar-refractivity contribution is 6.30. The average molecular weight is 470 g/mol. The molecule has 1 saturated heterocycles. The molecule has 1 fully saturated rings. The largest absolute Gasteiger partial charge is 0.586 e. The maximum Gasteiger partial charge on any atom is 0.586 e. The molecule has 0 saturated carbocycles. The molecule has 1 aromatic heterocycles. The van der Waals surface area contributed by atoms with Gasteiger partial charge >= 0.3 is 18.3 Å². The van der Waals surface area contributed by atoms with Gasteiger partial charge in [0.15, 0.2) is 11.5 Å². The minimum atomic E-state index is -3.74. The van der Waals surface area contributed by atoms with E-state index in [1.807, 2.05) is 13.0 Å². The Bertz CT molecular complexity index is 1050. The van der Waals surface area contributed by atoms with E-state index in [1.165, 1.54) is 18.2 Å². The van der Waals surface area contributed by atoms with Crippen LogP contribution in [0, 0.1) is 6.92 Å². The Hall–Kier alpha value is -3.47. The fourth-order valence-corrected chi connectivity index (χ4v) is 3.17. The average Bonchev–Trinajstić information content (AvgIpc) is 2.98. The monoisotopic (exact) mass is 469 g/mol. The van der Waals surface area contributed by atoms with Crippen LogP contribution in [0.15, 0.2) is 36.5 Å². The lowest BCUT2D eigenvalue weighted by Gasteiger charge is -2.36. The lowest BCUT2D eigenvalue weighted by molar-refractivity contribution is -0.286. The number of ether oxygens (including phenoxy) is 2. The Morgan fingerprint density at radius 2 is 1.97 bits per heavy atom. The van der Waals surface area contributed by atoms with E-state index in [0.29, 0.717) is 10.5 Å². The number of benzene rings is 1. The van der Waals surface area contributed by atoms with Crippen LogP contribution in [0.25, 0.3) is 0 Å². The summed E-state index contributed by atoms with van der Waals surface area (Å²) < 4.78 is 34.6. The van der Waals surface area contributed by atoms with Crippen molar-refractivity contribution >= 4 is 29.5 Å². The number of aromatic nitrogens is 1. The predicted octanol–water partition coefficient (Wildman–Crippen LogP) is 3.51. The Kier molecular flexibility index (Phi) is 6.49. The molecule has 2 N–H and O–H groups in total. The Morgan fingerprint density at radius 1 is 1.28 bits per heavy atom. The highest BCUT2D eigenvalue weighted by atomic mass is 35.5. The van der Waals surface area contributed by atoms with E-state index >= 15 is 0 Å². The topological polar surface area (TPSA) is 118 Å². The number of hydrogen-bond acceptors (Lipinski definition) is 6. The summed E-state index contributed by atoms with van der Waals surface area (Å²) in [6.07, 6.45) is -2.29. The van der Waals surface area contributed by atoms with Crippen LogP contribution in [0.2, 0.25) is 5.02 Å². The van der Waals surface area contributed by atoms with Crippen molar-refractivity contribution in [2.75, 3.05) is 0 Å². The number of nitrogens with zero attached hydrogens (tertiary/aromatic N) is 2. The van der Waals surface area contributed by atoms with Gasteiger partial charge < -0.3 is 19.9 Å². The van der Waals surface area contributed by atoms with Crippen LogP contribution in [-0.2, 0) is 9.59 Å². The molecule has 2 unspecified atom stereocenters. The Labute approximate surface area is 185 Å². The summed E-state index contributed by atoms with van der Waals surface area (Å²) in [4.78, 5) is 38.9. The number of likely N-dealkylation sites (tertiary alicyclic amines) is 1. The van der Waals surface area contributed by atoms with Gasteiger partial charge in [0.2, 0.25) is 5.91 Å². The zero-order valence-corrected chi connectivity index (χ0v) is 17.6. The number of pyridine rings is 1. The van der Waals surface area contributed by atoms with E-state index in [2.05, 4.69) is 19.8 Å². The number of rotatable bonds is 3. The number of alkyl halides is 2. The summed E-state index contributed by atoms with van der Waals surface area (Å²) >= 11 is 5.60. The molecule has 12 heteroatoms. The molecule has 0 aliphatic carbocycles. The highest BCUT2D eigenvalue weighted by Crippen LogP contribution is 2.42. The van der Waals surface area contributed by atoms with Crippen LogP contribution in [0.4, 0.5) is 13.6 Å². The van der Waals surface area contributed by atoms with Gasteiger partial charge in [0.25, 0.3) is 0 Å². The van der Waals surface area contributed by atoms with Crippen molar-refractivity contribution in [1.82, 2.24) is 15.2 Å². The summed E-state index contributed by atoms with van der Waals surface area (Å²) in [5.41, 5.74) is 1.38. The number of halogens is 3. The molecule has 170 valence electrons. The first-order valence-electron chi connectivity index (χ1n) is 9.30. The molecule has 3 heterocycles. The lowest BCUT2D eigenvalue weighted by Crippen LogP contribution is -2.61. The first-order chi connectivity index (χ1) is 15.0. The lowest BCUT2D eigenvalue weighted by atomic mass is 10.0. The number of hydrogen-bond donors (Lipinski definition) is 2. The zero-order valence-electron chi connectivity index (χ0n) is 16.8. The second-order valence-corrected chi connectivity index (χ2v) is 7.42. The second-order valence-electron chi connectivity index (χ2n) is 6.98. The molecule has 1 aromatic carbocycles. The van der Waals surface area contributed by atoms with Gasteiger partial charge in [-0.25, -0.2) is 14.5 Å². The van der Waals surface area contributed by atoms with Crippen LogP contribution in [0.3, 0.4) is 0 Å². The quantitative estimate of drug-likeness (QED) is 0.660. The van der Waals surface area contributed by atoms with Gasteiger partial charge in [0.05, 0.1) is 12.5 Å². The molecule has 0 bridgehead atoms. The van der Waals surface area contributed by atoms with E-state index < -0.39 is 36.3 Å². The molecule has 9 nitrogen and oxygen atoms in total. The highest BCUT2D eigenvalue weighted by Gasteiger charge is 2.46. The van der Waals surface area contributed by atoms with E-state index in [1.54, 1.807) is 19.2 Å². The Morgan fingerprint density at radius 3 is 2.53 bits per heavy atom. The number of carboxylic acids is 1. The minimum Gasteiger partial charge on any atom is -0.480 e. The van der Waals surface area contributed by atoms with Gasteiger partial charge in [0, 0.05) is 16.9 Å². The van der Waals surface area contributed by atoms with Crippen molar-refractivity contribution in [2.45, 2.75) is 38.6 Å². The third kappa shape index (κ3) is 5.22. The standard InChI is InChI=1S/C14H12F2N2O6.C6H6ClN/c1-6(17-13(22)18-8(12(20)21)5-11(18)19)7-2-3-9-10(4-7)24-14(15,16)23-9;1-5-4-6(7)2-3-8-5/h2-4,6,8H,5H2,1H3,(H,17,22)(H,20,21);2-4H,1H3. The number of amides is 3. The number of imide groups is 1. The number of nitrogens with one attached hydrogen (secondary N) is 1. The fraction of sp³-hybridized carbons (Fsp3) is 0.300. The van der Waals surface area contributed by atoms with Crippen LogP contribution >= 0.6 is 11.6 Å². The second kappa shape index (κ2) is 8.95. The first-order valence-corrected chi connectivity index (χ1v) is 9.68. The van der Waals surface area contributed by atoms with Crippen molar-refractivity contribution < 1.29 is 37.7 Å². The molecule has 2 aromatic rings. The number of aryl methyl sites for hydroxylation is 1. The van der Waals surface area contributed by atoms with E-state index in [-0.39, 0.29) is 17.9 Å². The predicted molar refractivity (Wildman–Crippen MR) is 106 cm³/mol. The van der Waals surface area contributed by atoms with Crippen LogP contribution in [-0.4, -0.2) is 45.2 Å². The number of urea groups is 1. The number of carbonyl (C=O) groups excluding carboxylic acids is 2. The minimum absolute atomic E-state index is 0.133. The number of carboxylic acid groups (broad SMARTS) is 1. The smallest absolute Gasteiger partial charge is 0.480 e. The maximum atomic E-state index is 13.0. The molecule has 0 spiro atoms. The van der Waals surface area contributed by atoms with Gasteiger partial charge in [0.1, 0.15) is 6.04 Å². The molecule has 3 amide bonds. The summed E-state index contributed by atoms with van der Waals surface area (Å²) in [6, 6.07) is 4.83. The van der Waals surface area contributed by atoms with Crippen molar-refractivity contribution in [3.05, 3.63) is 52.8 Å². The van der Waals surface area contributed by atoms with Gasteiger partial charge in [-0.05, 0) is 43.7 Å². The molecule has 4 rings (SSSR count). The van der Waals surface area contributed by atoms with Gasteiger partial charge in [-0.3, -0.25) is 9.78 Å². The normalized spacial score (nSPS) is 18.7. The zero-order chi connectivity index (χ0) is 23.6. The number of β-lactam (4-membered cyclic amide) rings is 1. The van der Waals surface area contributed by atoms with Gasteiger partial charge in [-0.15, -0.1) is 8.78 Å². The van der Waals surface area contributed by atoms with Crippen molar-refractivity contribution in [3.63, 3.8) is 0 Å². The Balaban J connectivity index is 0.000000305. The first kappa shape index (κ1) is 23.2. The molecule has 32 heavy (non-hydrogen) atoms. The van der Waals surface area contributed by atoms with Crippen LogP contribution in [0.5, 0.6) is 11.5 Å². The van der Waals surface area contributed by atoms with Crippen molar-refractivity contribution in [2.24, 2.45) is 0 Å². The molecule has 0 radical (unpaired) electrons. The van der Waals surface area contributed by atoms with Crippen molar-refractivity contribution in [1.29, 1.82) is 0 Å². The van der Waals surface area contributed by atoms with Crippen LogP contribution in [0.1, 0.15) is 30.6 Å². The summed E-state index contributed by atoms with van der Waals surface area (Å²) in [7, 11) is 0. The molecular formula is C20H18ClF2N3O6. The van der Waals surface area contributed by atoms with E-state index in [0.717, 1.165) is 10.7 Å². The maximum absolute atomic E-state index is 13.0. The summed E-state index contributed by atoms with van der Waals surface area (Å²) in [5, 5.41) is 12.1. The number of fused-ring (bicyclic) bond motifs is 1.